The van der Waals surface area contributed by atoms with E-state index in [0.717, 1.165) is 47.0 Å². The molecule has 2 bridgehead atoms. The van der Waals surface area contributed by atoms with Crippen molar-refractivity contribution in [1.29, 1.82) is 0 Å². The first-order valence-electron chi connectivity index (χ1n) is 12.6. The molecule has 3 fully saturated rings. The zero-order chi connectivity index (χ0) is 25.0. The number of nitrogens with zero attached hydrogens (tertiary/aromatic N) is 1. The number of nitrogens with one attached hydrogen (secondary N) is 1. The van der Waals surface area contributed by atoms with Gasteiger partial charge < -0.3 is 10.4 Å². The number of rotatable bonds is 5. The number of aromatic nitrogens is 1. The van der Waals surface area contributed by atoms with Gasteiger partial charge in [0, 0.05) is 16.5 Å². The van der Waals surface area contributed by atoms with Crippen LogP contribution in [0.3, 0.4) is 0 Å². The molecule has 5 nitrogen and oxygen atoms in total. The maximum absolute atomic E-state index is 14.0. The molecule has 3 aromatic rings. The van der Waals surface area contributed by atoms with E-state index in [2.05, 4.69) is 43.2 Å². The number of hydrogen-bond donors (Lipinski definition) is 2. The van der Waals surface area contributed by atoms with Gasteiger partial charge in [-0.15, -0.1) is 0 Å². The summed E-state index contributed by atoms with van der Waals surface area (Å²) in [6.07, 6.45) is 4.06. The van der Waals surface area contributed by atoms with Crippen LogP contribution in [0.4, 0.5) is 0 Å². The number of fused-ring (bicyclic) bond motifs is 4. The normalized spacial score (nSPS) is 23.9. The lowest BCUT2D eigenvalue weighted by Gasteiger charge is -2.51. The van der Waals surface area contributed by atoms with Gasteiger partial charge in [0.25, 0.3) is 5.91 Å². The summed E-state index contributed by atoms with van der Waals surface area (Å²) in [5.41, 5.74) is 3.32. The fraction of sp³-hybridized carbons (Fsp3) is 0.414. The number of carboxylic acids is 1. The van der Waals surface area contributed by atoms with Crippen LogP contribution >= 0.6 is 0 Å². The predicted molar refractivity (Wildman–Crippen MR) is 143 cm³/mol. The van der Waals surface area contributed by atoms with Crippen molar-refractivity contribution in [1.82, 2.24) is 10.3 Å². The molecule has 6 heteroatoms. The van der Waals surface area contributed by atoms with E-state index in [0.29, 0.717) is 24.8 Å². The van der Waals surface area contributed by atoms with Crippen molar-refractivity contribution in [2.45, 2.75) is 70.6 Å². The third-order valence-electron chi connectivity index (χ3n) is 8.45. The van der Waals surface area contributed by atoms with E-state index in [9.17, 15) is 14.7 Å². The van der Waals surface area contributed by atoms with E-state index in [4.69, 9.17) is 4.98 Å². The molecular formula is C29H34N2O3Si. The molecule has 3 aliphatic carbocycles. The summed E-state index contributed by atoms with van der Waals surface area (Å²) in [4.78, 5) is 30.9. The third-order valence-corrected chi connectivity index (χ3v) is 10.5. The van der Waals surface area contributed by atoms with Crippen LogP contribution in [-0.4, -0.2) is 35.6 Å². The third kappa shape index (κ3) is 4.08. The minimum Gasteiger partial charge on any atom is -0.481 e. The number of carboxylic acid groups (broad SMARTS) is 1. The second-order valence-corrected chi connectivity index (χ2v) is 16.7. The highest BCUT2D eigenvalue weighted by atomic mass is 28.3. The van der Waals surface area contributed by atoms with Gasteiger partial charge in [0.2, 0.25) is 0 Å². The van der Waals surface area contributed by atoms with E-state index in [1.54, 1.807) is 0 Å². The first-order valence-corrected chi connectivity index (χ1v) is 16.1. The van der Waals surface area contributed by atoms with Crippen molar-refractivity contribution in [3.05, 3.63) is 59.7 Å². The summed E-state index contributed by atoms with van der Waals surface area (Å²) in [5, 5.41) is 15.4. The monoisotopic (exact) mass is 486 g/mol. The lowest BCUT2D eigenvalue weighted by molar-refractivity contribution is -0.156. The van der Waals surface area contributed by atoms with Gasteiger partial charge in [-0.05, 0) is 57.1 Å². The van der Waals surface area contributed by atoms with Gasteiger partial charge in [0.05, 0.1) is 30.3 Å². The van der Waals surface area contributed by atoms with Gasteiger partial charge in [-0.3, -0.25) is 9.59 Å². The zero-order valence-corrected chi connectivity index (χ0v) is 22.1. The predicted octanol–water partition coefficient (Wildman–Crippen LogP) is 5.66. The van der Waals surface area contributed by atoms with Gasteiger partial charge in [0.1, 0.15) is 0 Å². The zero-order valence-electron chi connectivity index (χ0n) is 21.1. The standard InChI is InChI=1S/C29H34N2O3Si/c1-19-24(26(32)31-29-15-12-28(13-16-29,14-17-29)27(33)34)22-18-21(35(2,3)4)10-11-23(22)30-25(19)20-8-6-5-7-9-20/h5-11,18H,12-17H2,1-4H3,(H,31,32)(H,33,34). The summed E-state index contributed by atoms with van der Waals surface area (Å²) in [6, 6.07) is 16.4. The molecule has 182 valence electrons. The maximum atomic E-state index is 14.0. The quantitative estimate of drug-likeness (QED) is 0.456. The van der Waals surface area contributed by atoms with Crippen molar-refractivity contribution in [3.8, 4) is 11.3 Å². The molecule has 2 N–H and O–H groups in total. The Labute approximate surface area is 208 Å². The number of aliphatic carboxylic acids is 1. The van der Waals surface area contributed by atoms with Crippen molar-refractivity contribution in [3.63, 3.8) is 0 Å². The number of hydrogen-bond acceptors (Lipinski definition) is 3. The summed E-state index contributed by atoms with van der Waals surface area (Å²) in [6.45, 7) is 8.93. The molecule has 35 heavy (non-hydrogen) atoms. The minimum atomic E-state index is -1.60. The number of carbonyl (C=O) groups excluding carboxylic acids is 1. The topological polar surface area (TPSA) is 79.3 Å². The summed E-state index contributed by atoms with van der Waals surface area (Å²) >= 11 is 0. The first kappa shape index (κ1) is 23.7. The van der Waals surface area contributed by atoms with Crippen LogP contribution in [0.5, 0.6) is 0 Å². The molecule has 0 spiro atoms. The van der Waals surface area contributed by atoms with Gasteiger partial charge in [0.15, 0.2) is 0 Å². The molecule has 3 aliphatic rings. The molecule has 1 heterocycles. The number of pyridine rings is 1. The van der Waals surface area contributed by atoms with E-state index in [1.165, 1.54) is 5.19 Å². The van der Waals surface area contributed by atoms with E-state index in [-0.39, 0.29) is 11.4 Å². The first-order chi connectivity index (χ1) is 16.5. The Morgan fingerprint density at radius 3 is 2.14 bits per heavy atom. The highest BCUT2D eigenvalue weighted by Crippen LogP contribution is 2.52. The molecule has 1 aromatic heterocycles. The van der Waals surface area contributed by atoms with Gasteiger partial charge >= 0.3 is 5.97 Å². The smallest absolute Gasteiger partial charge is 0.309 e. The van der Waals surface area contributed by atoms with Crippen LogP contribution in [0.1, 0.15) is 54.4 Å². The molecule has 1 amide bonds. The SMILES string of the molecule is Cc1c(-c2ccccc2)nc2ccc([Si](C)(C)C)cc2c1C(=O)NC12CCC(C(=O)O)(CC1)CC2. The van der Waals surface area contributed by atoms with Crippen LogP contribution in [0.2, 0.25) is 19.6 Å². The van der Waals surface area contributed by atoms with Crippen molar-refractivity contribution in [2.24, 2.45) is 5.41 Å². The van der Waals surface area contributed by atoms with E-state index < -0.39 is 19.5 Å². The summed E-state index contributed by atoms with van der Waals surface area (Å²) in [7, 11) is -1.60. The van der Waals surface area contributed by atoms with Crippen molar-refractivity contribution < 1.29 is 14.7 Å². The van der Waals surface area contributed by atoms with E-state index in [1.807, 2.05) is 37.3 Å². The highest BCUT2D eigenvalue weighted by molar-refractivity contribution is 6.88. The number of benzene rings is 2. The van der Waals surface area contributed by atoms with Crippen LogP contribution in [0.15, 0.2) is 48.5 Å². The average Bonchev–Trinajstić information content (AvgIpc) is 2.84. The largest absolute Gasteiger partial charge is 0.481 e. The van der Waals surface area contributed by atoms with Gasteiger partial charge in [-0.2, -0.15) is 0 Å². The lowest BCUT2D eigenvalue weighted by atomic mass is 9.57. The van der Waals surface area contributed by atoms with Crippen LogP contribution in [0.25, 0.3) is 22.2 Å². The molecule has 2 aromatic carbocycles. The lowest BCUT2D eigenvalue weighted by Crippen LogP contribution is -2.58. The van der Waals surface area contributed by atoms with E-state index >= 15 is 0 Å². The second-order valence-electron chi connectivity index (χ2n) is 11.6. The van der Waals surface area contributed by atoms with Gasteiger partial charge in [-0.1, -0.05) is 67.3 Å². The Balaban J connectivity index is 1.60. The molecule has 0 radical (unpaired) electrons. The highest BCUT2D eigenvalue weighted by Gasteiger charge is 2.53. The second kappa shape index (κ2) is 8.30. The van der Waals surface area contributed by atoms with Crippen LogP contribution < -0.4 is 10.5 Å². The maximum Gasteiger partial charge on any atom is 0.309 e. The Hall–Kier alpha value is -2.99. The molecule has 6 rings (SSSR count). The Morgan fingerprint density at radius 2 is 1.57 bits per heavy atom. The van der Waals surface area contributed by atoms with Crippen molar-refractivity contribution in [2.75, 3.05) is 0 Å². The fourth-order valence-corrected chi connectivity index (χ4v) is 7.15. The molecule has 0 unspecified atom stereocenters. The molecular weight excluding hydrogens is 452 g/mol. The number of amides is 1. The average molecular weight is 487 g/mol. The van der Waals surface area contributed by atoms with Crippen LogP contribution in [-0.2, 0) is 4.79 Å². The Kier molecular flexibility index (Phi) is 5.63. The molecule has 0 atom stereocenters. The van der Waals surface area contributed by atoms with Crippen molar-refractivity contribution >= 4 is 36.0 Å². The molecule has 0 saturated heterocycles. The summed E-state index contributed by atoms with van der Waals surface area (Å²) < 4.78 is 0. The molecule has 0 aliphatic heterocycles. The van der Waals surface area contributed by atoms with Gasteiger partial charge in [-0.25, -0.2) is 4.98 Å². The number of carbonyl (C=O) groups is 2. The molecule has 3 saturated carbocycles. The summed E-state index contributed by atoms with van der Waals surface area (Å²) in [5.74, 6) is -0.746. The minimum absolute atomic E-state index is 0.0652. The Bertz CT molecular complexity index is 1300. The Morgan fingerprint density at radius 1 is 0.943 bits per heavy atom. The van der Waals surface area contributed by atoms with Crippen LogP contribution in [0, 0.1) is 12.3 Å². The fourth-order valence-electron chi connectivity index (χ4n) is 5.99.